The van der Waals surface area contributed by atoms with Crippen molar-refractivity contribution in [2.24, 2.45) is 4.99 Å². The second-order valence-corrected chi connectivity index (χ2v) is 5.00. The summed E-state index contributed by atoms with van der Waals surface area (Å²) in [6, 6.07) is 0. The molecule has 0 saturated heterocycles. The number of aryl methyl sites for hydroxylation is 1. The summed E-state index contributed by atoms with van der Waals surface area (Å²) in [7, 11) is 0. The van der Waals surface area contributed by atoms with Crippen molar-refractivity contribution in [2.45, 2.75) is 20.8 Å². The van der Waals surface area contributed by atoms with Gasteiger partial charge in [0, 0.05) is 16.6 Å². The molecule has 1 aromatic rings. The molecule has 0 aliphatic carbocycles. The molecule has 0 spiro atoms. The van der Waals surface area contributed by atoms with E-state index in [1.807, 2.05) is 13.8 Å². The van der Waals surface area contributed by atoms with Crippen LogP contribution >= 0.6 is 22.9 Å². The number of ether oxygens (including phenoxy) is 1. The highest BCUT2D eigenvalue weighted by Gasteiger charge is 2.20. The van der Waals surface area contributed by atoms with Crippen molar-refractivity contribution in [2.75, 3.05) is 6.61 Å². The third-order valence-corrected chi connectivity index (χ3v) is 3.70. The van der Waals surface area contributed by atoms with Gasteiger partial charge in [-0.15, -0.1) is 11.3 Å². The number of thiophene rings is 1. The van der Waals surface area contributed by atoms with Crippen LogP contribution < -0.4 is 0 Å². The van der Waals surface area contributed by atoms with E-state index >= 15 is 0 Å². The maximum atomic E-state index is 11.7. The van der Waals surface area contributed by atoms with Gasteiger partial charge in [0.2, 0.25) is 0 Å². The summed E-state index contributed by atoms with van der Waals surface area (Å²) in [5, 5.41) is 0.488. The predicted octanol–water partition coefficient (Wildman–Crippen LogP) is 3.78. The molecule has 0 saturated carbocycles. The molecule has 0 bridgehead atoms. The van der Waals surface area contributed by atoms with E-state index in [4.69, 9.17) is 16.3 Å². The fraction of sp³-hybridized carbons (Fsp3) is 0.333. The highest BCUT2D eigenvalue weighted by molar-refractivity contribution is 7.14. The standard InChI is InChI=1S/C12H14ClNO2S/c1-5-16-12(15)11-7(2)10(8(3)17-11)9(13)6-14-4/h6H,4-5H2,1-3H3/b9-6+. The van der Waals surface area contributed by atoms with Crippen molar-refractivity contribution in [1.82, 2.24) is 0 Å². The van der Waals surface area contributed by atoms with E-state index in [0.717, 1.165) is 16.0 Å². The van der Waals surface area contributed by atoms with Gasteiger partial charge in [-0.05, 0) is 33.1 Å². The zero-order valence-corrected chi connectivity index (χ0v) is 11.6. The van der Waals surface area contributed by atoms with Gasteiger partial charge in [0.25, 0.3) is 0 Å². The Balaban J connectivity index is 3.23. The summed E-state index contributed by atoms with van der Waals surface area (Å²) in [6.45, 7) is 9.27. The third-order valence-electron chi connectivity index (χ3n) is 2.23. The predicted molar refractivity (Wildman–Crippen MR) is 73.1 cm³/mol. The van der Waals surface area contributed by atoms with E-state index in [-0.39, 0.29) is 5.97 Å². The molecule has 0 unspecified atom stereocenters. The largest absolute Gasteiger partial charge is 0.462 e. The minimum absolute atomic E-state index is 0.305. The van der Waals surface area contributed by atoms with Crippen LogP contribution in [0.3, 0.4) is 0 Å². The normalized spacial score (nSPS) is 11.4. The van der Waals surface area contributed by atoms with Crippen LogP contribution in [0.1, 0.15) is 32.6 Å². The van der Waals surface area contributed by atoms with Crippen LogP contribution in [0.4, 0.5) is 0 Å². The first-order valence-electron chi connectivity index (χ1n) is 5.11. The molecule has 0 aliphatic rings. The Kier molecular flexibility index (Phi) is 4.90. The van der Waals surface area contributed by atoms with E-state index in [1.165, 1.54) is 17.5 Å². The number of aliphatic imine (C=N–C) groups is 1. The fourth-order valence-corrected chi connectivity index (χ4v) is 3.02. The Hall–Kier alpha value is -1.13. The lowest BCUT2D eigenvalue weighted by Gasteiger charge is -2.01. The average Bonchev–Trinajstić information content (AvgIpc) is 2.55. The first-order valence-corrected chi connectivity index (χ1v) is 6.31. The number of halogens is 1. The summed E-state index contributed by atoms with van der Waals surface area (Å²) in [4.78, 5) is 16.9. The molecule has 0 atom stereocenters. The van der Waals surface area contributed by atoms with E-state index in [9.17, 15) is 4.79 Å². The molecular weight excluding hydrogens is 258 g/mol. The number of carbonyl (C=O) groups excluding carboxylic acids is 1. The maximum absolute atomic E-state index is 11.7. The minimum Gasteiger partial charge on any atom is -0.462 e. The molecule has 0 aromatic carbocycles. The summed E-state index contributed by atoms with van der Waals surface area (Å²) >= 11 is 7.48. The number of carbonyl (C=O) groups is 1. The van der Waals surface area contributed by atoms with Crippen molar-refractivity contribution in [3.05, 3.63) is 27.1 Å². The Morgan fingerprint density at radius 3 is 2.76 bits per heavy atom. The van der Waals surface area contributed by atoms with Crippen molar-refractivity contribution < 1.29 is 9.53 Å². The first kappa shape index (κ1) is 13.9. The van der Waals surface area contributed by atoms with Gasteiger partial charge in [0.15, 0.2) is 0 Å². The maximum Gasteiger partial charge on any atom is 0.348 e. The van der Waals surface area contributed by atoms with Crippen molar-refractivity contribution in [3.8, 4) is 0 Å². The third kappa shape index (κ3) is 2.96. The Bertz CT molecular complexity index is 477. The number of rotatable bonds is 4. The molecule has 1 rings (SSSR count). The quantitative estimate of drug-likeness (QED) is 0.617. The van der Waals surface area contributed by atoms with Gasteiger partial charge in [-0.1, -0.05) is 11.6 Å². The molecule has 0 aliphatic heterocycles. The van der Waals surface area contributed by atoms with Gasteiger partial charge in [0.05, 0.1) is 11.6 Å². The zero-order chi connectivity index (χ0) is 13.0. The van der Waals surface area contributed by atoms with Crippen LogP contribution in [0, 0.1) is 13.8 Å². The fourth-order valence-electron chi connectivity index (χ4n) is 1.54. The van der Waals surface area contributed by atoms with Gasteiger partial charge in [-0.2, -0.15) is 0 Å². The molecule has 5 heteroatoms. The number of hydrogen-bond donors (Lipinski definition) is 0. The number of nitrogens with zero attached hydrogens (tertiary/aromatic N) is 1. The lowest BCUT2D eigenvalue weighted by atomic mass is 10.1. The molecule has 0 radical (unpaired) electrons. The number of hydrogen-bond acceptors (Lipinski definition) is 4. The van der Waals surface area contributed by atoms with Crippen molar-refractivity contribution >= 4 is 40.7 Å². The van der Waals surface area contributed by atoms with E-state index < -0.39 is 0 Å². The van der Waals surface area contributed by atoms with Gasteiger partial charge >= 0.3 is 5.97 Å². The Labute approximate surface area is 110 Å². The number of esters is 1. The zero-order valence-electron chi connectivity index (χ0n) is 10.0. The van der Waals surface area contributed by atoms with Gasteiger partial charge in [-0.3, -0.25) is 4.99 Å². The average molecular weight is 272 g/mol. The highest BCUT2D eigenvalue weighted by Crippen LogP contribution is 2.34. The molecular formula is C12H14ClNO2S. The minimum atomic E-state index is -0.305. The van der Waals surface area contributed by atoms with E-state index in [1.54, 1.807) is 6.92 Å². The summed E-state index contributed by atoms with van der Waals surface area (Å²) in [5.74, 6) is -0.305. The molecule has 17 heavy (non-hydrogen) atoms. The SMILES string of the molecule is C=N/C=C(/Cl)c1c(C)sc(C(=O)OCC)c1C. The van der Waals surface area contributed by atoms with Gasteiger partial charge in [0.1, 0.15) is 4.88 Å². The van der Waals surface area contributed by atoms with Crippen LogP contribution in [0.25, 0.3) is 5.03 Å². The highest BCUT2D eigenvalue weighted by atomic mass is 35.5. The van der Waals surface area contributed by atoms with Crippen LogP contribution in [-0.4, -0.2) is 19.3 Å². The summed E-state index contributed by atoms with van der Waals surface area (Å²) < 4.78 is 4.99. The lowest BCUT2D eigenvalue weighted by molar-refractivity contribution is 0.0531. The van der Waals surface area contributed by atoms with Crippen LogP contribution in [-0.2, 0) is 4.74 Å². The molecule has 0 amide bonds. The van der Waals surface area contributed by atoms with Gasteiger partial charge in [-0.25, -0.2) is 4.79 Å². The molecule has 3 nitrogen and oxygen atoms in total. The summed E-state index contributed by atoms with van der Waals surface area (Å²) in [5.41, 5.74) is 1.67. The van der Waals surface area contributed by atoms with Crippen molar-refractivity contribution in [1.29, 1.82) is 0 Å². The van der Waals surface area contributed by atoms with Crippen LogP contribution in [0.2, 0.25) is 0 Å². The van der Waals surface area contributed by atoms with Crippen LogP contribution in [0.15, 0.2) is 11.2 Å². The lowest BCUT2D eigenvalue weighted by Crippen LogP contribution is -2.03. The van der Waals surface area contributed by atoms with Crippen molar-refractivity contribution in [3.63, 3.8) is 0 Å². The van der Waals surface area contributed by atoms with E-state index in [2.05, 4.69) is 11.7 Å². The molecule has 0 fully saturated rings. The summed E-state index contributed by atoms with van der Waals surface area (Å²) in [6.07, 6.45) is 1.47. The second-order valence-electron chi connectivity index (χ2n) is 3.37. The van der Waals surface area contributed by atoms with Crippen LogP contribution in [0.5, 0.6) is 0 Å². The Morgan fingerprint density at radius 1 is 1.59 bits per heavy atom. The molecule has 92 valence electrons. The second kappa shape index (κ2) is 5.98. The topological polar surface area (TPSA) is 38.7 Å². The van der Waals surface area contributed by atoms with E-state index in [0.29, 0.717) is 16.5 Å². The monoisotopic (exact) mass is 271 g/mol. The molecule has 1 aromatic heterocycles. The first-order chi connectivity index (χ1) is 8.02. The molecule has 1 heterocycles. The smallest absolute Gasteiger partial charge is 0.348 e. The molecule has 0 N–H and O–H groups in total. The van der Waals surface area contributed by atoms with Gasteiger partial charge < -0.3 is 4.74 Å². The Morgan fingerprint density at radius 2 is 2.24 bits per heavy atom.